The van der Waals surface area contributed by atoms with E-state index in [1.165, 1.54) is 50.5 Å². The zero-order chi connectivity index (χ0) is 35.2. The molecule has 0 unspecified atom stereocenters. The lowest BCUT2D eigenvalue weighted by Gasteiger charge is -2.28. The average Bonchev–Trinajstić information content (AvgIpc) is 3.13. The van der Waals surface area contributed by atoms with E-state index in [1.807, 2.05) is 20.8 Å². The topological polar surface area (TPSA) is 37.2 Å². The van der Waals surface area contributed by atoms with Gasteiger partial charge in [-0.05, 0) is 120 Å². The van der Waals surface area contributed by atoms with Crippen LogP contribution in [-0.2, 0) is 13.3 Å². The van der Waals surface area contributed by atoms with Crippen LogP contribution in [0.1, 0.15) is 84.1 Å². The maximum absolute atomic E-state index is 6.16. The number of allylic oxidation sites excluding steroid dienone is 3. The van der Waals surface area contributed by atoms with Crippen molar-refractivity contribution in [1.29, 1.82) is 0 Å². The van der Waals surface area contributed by atoms with Crippen molar-refractivity contribution in [3.63, 3.8) is 0 Å². The number of nitrogens with zero attached hydrogens (tertiary/aromatic N) is 3. The summed E-state index contributed by atoms with van der Waals surface area (Å²) in [6, 6.07) is 28.0. The number of hydrogen-bond donors (Lipinski definition) is 0. The molecule has 0 atom stereocenters. The third-order valence-electron chi connectivity index (χ3n) is 9.47. The summed E-state index contributed by atoms with van der Waals surface area (Å²) in [5.41, 5.74) is 11.2. The average molecular weight is 683 g/mol. The quantitative estimate of drug-likeness (QED) is 0.0932. The van der Waals surface area contributed by atoms with Gasteiger partial charge in [0, 0.05) is 75.9 Å². The lowest BCUT2D eigenvalue weighted by atomic mass is 9.83. The van der Waals surface area contributed by atoms with Crippen LogP contribution in [0.25, 0.3) is 11.1 Å². The van der Waals surface area contributed by atoms with E-state index in [2.05, 4.69) is 134 Å². The minimum Gasteiger partial charge on any atom is -0.374 e. The van der Waals surface area contributed by atoms with Crippen LogP contribution in [-0.4, -0.2) is 78.2 Å². The van der Waals surface area contributed by atoms with Crippen LogP contribution in [0.4, 0.5) is 11.4 Å². The van der Waals surface area contributed by atoms with E-state index in [4.69, 9.17) is 13.3 Å². The van der Waals surface area contributed by atoms with Gasteiger partial charge in [-0.25, -0.2) is 4.58 Å². The van der Waals surface area contributed by atoms with Crippen molar-refractivity contribution < 1.29 is 17.9 Å². The molecule has 1 aliphatic rings. The molecule has 4 rings (SSSR count). The number of hydrogen-bond acceptors (Lipinski definition) is 5. The molecule has 0 amide bonds. The molecular formula is C42H60N3O3Si+. The summed E-state index contributed by atoms with van der Waals surface area (Å²) in [6.45, 7) is 24.8. The first kappa shape index (κ1) is 38.3. The number of rotatable bonds is 19. The van der Waals surface area contributed by atoms with E-state index in [9.17, 15) is 0 Å². The van der Waals surface area contributed by atoms with Crippen LogP contribution in [0.3, 0.4) is 0 Å². The van der Waals surface area contributed by atoms with Gasteiger partial charge >= 0.3 is 8.80 Å². The maximum atomic E-state index is 6.16. The van der Waals surface area contributed by atoms with Gasteiger partial charge in [0.1, 0.15) is 13.1 Å². The van der Waals surface area contributed by atoms with E-state index >= 15 is 0 Å². The van der Waals surface area contributed by atoms with E-state index in [0.717, 1.165) is 51.7 Å². The Balaban J connectivity index is 1.81. The molecule has 6 nitrogen and oxygen atoms in total. The molecule has 7 heteroatoms. The molecule has 3 aromatic rings. The highest BCUT2D eigenvalue weighted by atomic mass is 28.4. The first-order valence-corrected chi connectivity index (χ1v) is 20.6. The van der Waals surface area contributed by atoms with Crippen LogP contribution in [0, 0.1) is 0 Å². The Morgan fingerprint density at radius 3 is 1.49 bits per heavy atom. The van der Waals surface area contributed by atoms with Gasteiger partial charge in [-0.3, -0.25) is 0 Å². The van der Waals surface area contributed by atoms with Crippen molar-refractivity contribution in [2.45, 2.75) is 67.9 Å². The standard InChI is InChI=1S/C42H60N3O3Si/c1-9-43(10-2)36-26-22-34(23-27-36)42(35-24-28-37(29-25-35)44(11-3)12-4)40-30-31-41(39-21-18-17-20-38(39)40)45(13-5)32-19-33-49(46-14-6,47-15-7)48-16-8/h17-18,20-31H,9-16,19,32-33H2,1-8H3/q+1. The molecule has 264 valence electrons. The molecule has 0 saturated heterocycles. The predicted molar refractivity (Wildman–Crippen MR) is 211 cm³/mol. The Morgan fingerprint density at radius 1 is 0.592 bits per heavy atom. The summed E-state index contributed by atoms with van der Waals surface area (Å²) in [5.74, 6) is 0. The summed E-state index contributed by atoms with van der Waals surface area (Å²) in [5, 5.41) is 0. The zero-order valence-corrected chi connectivity index (χ0v) is 32.4. The molecule has 0 heterocycles. The van der Waals surface area contributed by atoms with Gasteiger partial charge in [-0.1, -0.05) is 42.5 Å². The van der Waals surface area contributed by atoms with Gasteiger partial charge < -0.3 is 23.1 Å². The minimum absolute atomic E-state index is 0.602. The van der Waals surface area contributed by atoms with E-state index in [1.54, 1.807) is 0 Å². The van der Waals surface area contributed by atoms with Crippen molar-refractivity contribution in [3.05, 3.63) is 107 Å². The Hall–Kier alpha value is -3.49. The summed E-state index contributed by atoms with van der Waals surface area (Å²) in [6.07, 6.45) is 5.60. The highest BCUT2D eigenvalue weighted by Gasteiger charge is 2.40. The third kappa shape index (κ3) is 9.20. The third-order valence-corrected chi connectivity index (χ3v) is 12.6. The van der Waals surface area contributed by atoms with Crippen LogP contribution in [0.5, 0.6) is 0 Å². The van der Waals surface area contributed by atoms with Gasteiger partial charge in [0.2, 0.25) is 5.71 Å². The minimum atomic E-state index is -2.70. The second kappa shape index (κ2) is 19.0. The number of anilines is 2. The number of fused-ring (bicyclic) bond motifs is 1. The highest BCUT2D eigenvalue weighted by molar-refractivity contribution is 6.60. The molecular weight excluding hydrogens is 623 g/mol. The lowest BCUT2D eigenvalue weighted by molar-refractivity contribution is -0.523. The van der Waals surface area contributed by atoms with Crippen LogP contribution in [0.15, 0.2) is 84.9 Å². The first-order chi connectivity index (χ1) is 23.9. The smallest absolute Gasteiger partial charge is 0.374 e. The summed E-state index contributed by atoms with van der Waals surface area (Å²) in [4.78, 5) is 4.80. The molecule has 0 aliphatic heterocycles. The van der Waals surface area contributed by atoms with Gasteiger partial charge in [-0.15, -0.1) is 0 Å². The van der Waals surface area contributed by atoms with Crippen LogP contribution < -0.4 is 9.80 Å². The van der Waals surface area contributed by atoms with Gasteiger partial charge in [-0.2, -0.15) is 0 Å². The van der Waals surface area contributed by atoms with Crippen molar-refractivity contribution >= 4 is 37.0 Å². The molecule has 0 N–H and O–H groups in total. The van der Waals surface area contributed by atoms with Gasteiger partial charge in [0.05, 0.1) is 5.56 Å². The number of benzene rings is 3. The Labute approximate surface area is 298 Å². The predicted octanol–water partition coefficient (Wildman–Crippen LogP) is 9.17. The van der Waals surface area contributed by atoms with Crippen molar-refractivity contribution in [1.82, 2.24) is 0 Å². The molecule has 0 spiro atoms. The largest absolute Gasteiger partial charge is 0.501 e. The van der Waals surface area contributed by atoms with E-state index < -0.39 is 8.80 Å². The van der Waals surface area contributed by atoms with Crippen molar-refractivity contribution in [3.8, 4) is 0 Å². The molecule has 0 aromatic heterocycles. The Bertz CT molecular complexity index is 1480. The zero-order valence-electron chi connectivity index (χ0n) is 31.4. The highest BCUT2D eigenvalue weighted by Crippen LogP contribution is 2.38. The van der Waals surface area contributed by atoms with Crippen molar-refractivity contribution in [2.24, 2.45) is 0 Å². The molecule has 3 aromatic carbocycles. The normalized spacial score (nSPS) is 13.8. The second-order valence-electron chi connectivity index (χ2n) is 12.2. The fourth-order valence-electron chi connectivity index (χ4n) is 7.05. The molecule has 0 bridgehead atoms. The monoisotopic (exact) mass is 682 g/mol. The second-order valence-corrected chi connectivity index (χ2v) is 14.9. The summed E-state index contributed by atoms with van der Waals surface area (Å²) >= 11 is 0. The fraction of sp³-hybridized carbons (Fsp3) is 0.452. The molecule has 1 aliphatic carbocycles. The van der Waals surface area contributed by atoms with E-state index in [-0.39, 0.29) is 0 Å². The molecule has 0 radical (unpaired) electrons. The molecule has 0 fully saturated rings. The summed E-state index contributed by atoms with van der Waals surface area (Å²) < 4.78 is 21.0. The SMILES string of the molecule is CCO[Si](CCC[N+](CC)=C1C=CC(=C(c2ccc(N(CC)CC)cc2)c2ccc(N(CC)CC)cc2)c2ccccc21)(OCC)OCC. The van der Waals surface area contributed by atoms with Crippen molar-refractivity contribution in [2.75, 3.05) is 68.9 Å². The van der Waals surface area contributed by atoms with E-state index in [0.29, 0.717) is 19.8 Å². The fourth-order valence-corrected chi connectivity index (χ4v) is 9.64. The van der Waals surface area contributed by atoms with Crippen LogP contribution in [0.2, 0.25) is 6.04 Å². The maximum Gasteiger partial charge on any atom is 0.501 e. The lowest BCUT2D eigenvalue weighted by Crippen LogP contribution is -2.46. The molecule has 49 heavy (non-hydrogen) atoms. The Morgan fingerprint density at radius 2 is 1.06 bits per heavy atom. The first-order valence-electron chi connectivity index (χ1n) is 18.7. The van der Waals surface area contributed by atoms with Gasteiger partial charge in [0.15, 0.2) is 0 Å². The Kier molecular flexibility index (Phi) is 14.9. The van der Waals surface area contributed by atoms with Crippen LogP contribution >= 0.6 is 0 Å². The summed E-state index contributed by atoms with van der Waals surface area (Å²) in [7, 11) is -2.70. The van der Waals surface area contributed by atoms with Gasteiger partial charge in [0.25, 0.3) is 0 Å². The molecule has 0 saturated carbocycles.